The average Bonchev–Trinajstić information content (AvgIpc) is 2.03. The van der Waals surface area contributed by atoms with Gasteiger partial charge < -0.3 is 0 Å². The van der Waals surface area contributed by atoms with Gasteiger partial charge in [-0.05, 0) is 0 Å². The third-order valence-corrected chi connectivity index (χ3v) is 2.72. The maximum atomic E-state index is 5.25. The van der Waals surface area contributed by atoms with Crippen LogP contribution in [-0.2, 0) is 9.47 Å². The van der Waals surface area contributed by atoms with Crippen molar-refractivity contribution in [3.05, 3.63) is 0 Å². The molecule has 0 aromatic carbocycles. The van der Waals surface area contributed by atoms with E-state index in [4.69, 9.17) is 15.9 Å². The molecule has 2 nitrogen and oxygen atoms in total. The van der Waals surface area contributed by atoms with E-state index in [2.05, 4.69) is 5.92 Å². The number of rotatable bonds is 7. The molecule has 0 aromatic heterocycles. The Kier molecular flexibility index (Phi) is 10.00. The molecule has 64 valence electrons. The Morgan fingerprint density at radius 3 is 2.91 bits per heavy atom. The van der Waals surface area contributed by atoms with Crippen LogP contribution in [0.5, 0.6) is 0 Å². The van der Waals surface area contributed by atoms with Crippen molar-refractivity contribution in [1.82, 2.24) is 0 Å². The SMILES string of the molecule is C#CCC[Se]COCCOC. The number of terminal acetylenes is 1. The van der Waals surface area contributed by atoms with Crippen molar-refractivity contribution >= 4 is 15.0 Å². The second kappa shape index (κ2) is 10.00. The van der Waals surface area contributed by atoms with E-state index in [1.54, 1.807) is 7.11 Å². The molecule has 0 spiro atoms. The molecule has 3 heteroatoms. The van der Waals surface area contributed by atoms with E-state index in [1.807, 2.05) is 0 Å². The van der Waals surface area contributed by atoms with Gasteiger partial charge in [-0.3, -0.25) is 0 Å². The van der Waals surface area contributed by atoms with E-state index in [-0.39, 0.29) is 0 Å². The number of hydrogen-bond donors (Lipinski definition) is 0. The predicted octanol–water partition coefficient (Wildman–Crippen LogP) is 0.753. The van der Waals surface area contributed by atoms with Gasteiger partial charge in [-0.2, -0.15) is 0 Å². The van der Waals surface area contributed by atoms with Crippen LogP contribution in [-0.4, -0.2) is 40.8 Å². The Balaban J connectivity index is 2.75. The van der Waals surface area contributed by atoms with E-state index in [0.717, 1.165) is 17.2 Å². The predicted molar refractivity (Wildman–Crippen MR) is 46.7 cm³/mol. The van der Waals surface area contributed by atoms with Gasteiger partial charge in [0, 0.05) is 0 Å². The molecule has 11 heavy (non-hydrogen) atoms. The van der Waals surface area contributed by atoms with Crippen LogP contribution < -0.4 is 0 Å². The summed E-state index contributed by atoms with van der Waals surface area (Å²) in [6.07, 6.45) is 5.97. The topological polar surface area (TPSA) is 18.5 Å². The Bertz CT molecular complexity index is 109. The molecule has 0 rings (SSSR count). The standard InChI is InChI=1S/C8H14O2Se/c1-3-4-7-11-8-10-6-5-9-2/h1H,4-8H2,2H3. The normalized spacial score (nSPS) is 9.45. The summed E-state index contributed by atoms with van der Waals surface area (Å²) in [5.41, 5.74) is 0.859. The van der Waals surface area contributed by atoms with E-state index in [1.165, 1.54) is 0 Å². The third-order valence-electron chi connectivity index (χ3n) is 0.989. The van der Waals surface area contributed by atoms with Crippen LogP contribution >= 0.6 is 0 Å². The van der Waals surface area contributed by atoms with Gasteiger partial charge in [-0.1, -0.05) is 0 Å². The minimum atomic E-state index is 0.556. The molecule has 0 radical (unpaired) electrons. The van der Waals surface area contributed by atoms with Crippen molar-refractivity contribution in [2.24, 2.45) is 0 Å². The Morgan fingerprint density at radius 1 is 1.45 bits per heavy atom. The van der Waals surface area contributed by atoms with Crippen molar-refractivity contribution in [3.63, 3.8) is 0 Å². The van der Waals surface area contributed by atoms with Gasteiger partial charge in [0.25, 0.3) is 0 Å². The first-order chi connectivity index (χ1) is 5.41. The summed E-state index contributed by atoms with van der Waals surface area (Å²) in [4.78, 5) is 0. The van der Waals surface area contributed by atoms with Gasteiger partial charge in [0.15, 0.2) is 0 Å². The first-order valence-electron chi connectivity index (χ1n) is 3.49. The van der Waals surface area contributed by atoms with Gasteiger partial charge in [-0.25, -0.2) is 0 Å². The van der Waals surface area contributed by atoms with Crippen LogP contribution in [0.3, 0.4) is 0 Å². The molecule has 0 fully saturated rings. The molecular formula is C8H14O2Se. The van der Waals surface area contributed by atoms with E-state index >= 15 is 0 Å². The zero-order valence-electron chi connectivity index (χ0n) is 6.84. The van der Waals surface area contributed by atoms with Crippen LogP contribution in [0.4, 0.5) is 0 Å². The average molecular weight is 221 g/mol. The first-order valence-corrected chi connectivity index (χ1v) is 5.92. The van der Waals surface area contributed by atoms with Crippen LogP contribution in [0.25, 0.3) is 0 Å². The molecule has 0 unspecified atom stereocenters. The molecular weight excluding hydrogens is 207 g/mol. The maximum absolute atomic E-state index is 5.25. The molecule has 0 saturated heterocycles. The monoisotopic (exact) mass is 222 g/mol. The summed E-state index contributed by atoms with van der Waals surface area (Å²) < 4.78 is 10.1. The zero-order valence-corrected chi connectivity index (χ0v) is 8.55. The van der Waals surface area contributed by atoms with Crippen molar-refractivity contribution in [3.8, 4) is 12.3 Å². The quantitative estimate of drug-likeness (QED) is 0.359. The third kappa shape index (κ3) is 10.00. The second-order valence-electron chi connectivity index (χ2n) is 1.88. The molecule has 0 aliphatic rings. The summed E-state index contributed by atoms with van der Waals surface area (Å²) in [7, 11) is 1.67. The fourth-order valence-electron chi connectivity index (χ4n) is 0.450. The van der Waals surface area contributed by atoms with Crippen LogP contribution in [0.15, 0.2) is 0 Å². The molecule has 0 aliphatic heterocycles. The van der Waals surface area contributed by atoms with E-state index < -0.39 is 0 Å². The Labute approximate surface area is 74.8 Å². The molecule has 0 atom stereocenters. The van der Waals surface area contributed by atoms with Crippen molar-refractivity contribution in [2.75, 3.05) is 25.8 Å². The van der Waals surface area contributed by atoms with Crippen LogP contribution in [0.2, 0.25) is 5.32 Å². The van der Waals surface area contributed by atoms with Crippen molar-refractivity contribution < 1.29 is 9.47 Å². The van der Waals surface area contributed by atoms with Gasteiger partial charge in [0.1, 0.15) is 0 Å². The molecule has 0 aromatic rings. The zero-order chi connectivity index (χ0) is 8.36. The molecule has 0 aliphatic carbocycles. The number of hydrogen-bond acceptors (Lipinski definition) is 2. The Morgan fingerprint density at radius 2 is 2.27 bits per heavy atom. The van der Waals surface area contributed by atoms with Crippen molar-refractivity contribution in [1.29, 1.82) is 0 Å². The molecule has 0 heterocycles. The molecule has 0 N–H and O–H groups in total. The fourth-order valence-corrected chi connectivity index (χ4v) is 1.74. The van der Waals surface area contributed by atoms with Gasteiger partial charge >= 0.3 is 74.3 Å². The van der Waals surface area contributed by atoms with Gasteiger partial charge in [0.2, 0.25) is 0 Å². The summed E-state index contributed by atoms with van der Waals surface area (Å²) in [5, 5.41) is 1.12. The van der Waals surface area contributed by atoms with Crippen molar-refractivity contribution in [2.45, 2.75) is 11.7 Å². The van der Waals surface area contributed by atoms with Gasteiger partial charge in [0.05, 0.1) is 0 Å². The summed E-state index contributed by atoms with van der Waals surface area (Å²) in [6, 6.07) is 0. The summed E-state index contributed by atoms with van der Waals surface area (Å²) in [5.74, 6) is 2.61. The van der Waals surface area contributed by atoms with Crippen LogP contribution in [0, 0.1) is 12.3 Å². The van der Waals surface area contributed by atoms with E-state index in [0.29, 0.717) is 28.2 Å². The van der Waals surface area contributed by atoms with Crippen LogP contribution in [0.1, 0.15) is 6.42 Å². The van der Waals surface area contributed by atoms with Gasteiger partial charge in [-0.15, -0.1) is 0 Å². The molecule has 0 saturated carbocycles. The molecule has 0 amide bonds. The number of methoxy groups -OCH3 is 1. The molecule has 0 bridgehead atoms. The summed E-state index contributed by atoms with van der Waals surface area (Å²) in [6.45, 7) is 1.39. The summed E-state index contributed by atoms with van der Waals surface area (Å²) >= 11 is 0.556. The number of ether oxygens (including phenoxy) is 2. The second-order valence-corrected chi connectivity index (χ2v) is 4.09. The Hall–Kier alpha value is -0.000519. The fraction of sp³-hybridized carbons (Fsp3) is 0.750. The first kappa shape index (κ1) is 11.0. The minimum absolute atomic E-state index is 0.556. The van der Waals surface area contributed by atoms with E-state index in [9.17, 15) is 0 Å².